The van der Waals surface area contributed by atoms with Gasteiger partial charge in [-0.25, -0.2) is 13.4 Å². The van der Waals surface area contributed by atoms with Crippen LogP contribution in [-0.4, -0.2) is 40.1 Å². The quantitative estimate of drug-likeness (QED) is 0.487. The number of nitrogens with one attached hydrogen (secondary N) is 2. The predicted octanol–water partition coefficient (Wildman–Crippen LogP) is 5.06. The molecule has 2 N–H and O–H groups in total. The number of nitrogens with zero attached hydrogens (tertiary/aromatic N) is 4. The third-order valence-electron chi connectivity index (χ3n) is 4.11. The number of anilines is 3. The van der Waals surface area contributed by atoms with E-state index < -0.39 is 27.0 Å². The molecule has 0 spiro atoms. The highest BCUT2D eigenvalue weighted by Crippen LogP contribution is 2.28. The highest BCUT2D eigenvalue weighted by molar-refractivity contribution is 7.90. The lowest BCUT2D eigenvalue weighted by Crippen LogP contribution is -2.27. The summed E-state index contributed by atoms with van der Waals surface area (Å²) in [6.07, 6.45) is 1.07. The van der Waals surface area contributed by atoms with Gasteiger partial charge >= 0.3 is 0 Å². The molecular weight excluding hydrogens is 474 g/mol. The van der Waals surface area contributed by atoms with E-state index in [0.717, 1.165) is 13.2 Å². The maximum Gasteiger partial charge on any atom is 0.286 e. The van der Waals surface area contributed by atoms with Gasteiger partial charge in [0.05, 0.1) is 4.90 Å². The summed E-state index contributed by atoms with van der Waals surface area (Å²) in [5, 5.41) is 6.22. The van der Waals surface area contributed by atoms with Crippen molar-refractivity contribution in [3.63, 3.8) is 0 Å². The van der Waals surface area contributed by atoms with E-state index in [1.54, 1.807) is 0 Å². The molecule has 2 heterocycles. The van der Waals surface area contributed by atoms with Crippen LogP contribution in [0.4, 0.5) is 26.4 Å². The third kappa shape index (κ3) is 6.78. The zero-order chi connectivity index (χ0) is 24.6. The molecule has 0 saturated carbocycles. The highest BCUT2D eigenvalue weighted by Gasteiger charge is 2.27. The second-order valence-electron chi connectivity index (χ2n) is 8.55. The Hall–Kier alpha value is -2.92. The van der Waals surface area contributed by atoms with Crippen molar-refractivity contribution in [2.24, 2.45) is 0 Å². The number of hydrogen-bond donors (Lipinski definition) is 2. The van der Waals surface area contributed by atoms with Gasteiger partial charge in [-0.05, 0) is 51.1 Å². The van der Waals surface area contributed by atoms with Gasteiger partial charge in [-0.1, -0.05) is 17.7 Å². The predicted molar refractivity (Wildman–Crippen MR) is 124 cm³/mol. The molecule has 3 aromatic rings. The molecule has 0 radical (unpaired) electrons. The molecule has 1 aromatic carbocycles. The fourth-order valence-electron chi connectivity index (χ4n) is 2.72. The SMILES string of the molecule is CC(C)(C)Nc1nc(Nc2cc(Cl)cc(S(C)(=O)=O)c2)nc(-c2cccc(C(C)(F)F)n2)n1. The van der Waals surface area contributed by atoms with Crippen LogP contribution in [0.15, 0.2) is 41.3 Å². The first-order chi connectivity index (χ1) is 15.1. The first kappa shape index (κ1) is 24.7. The molecule has 8 nitrogen and oxygen atoms in total. The summed E-state index contributed by atoms with van der Waals surface area (Å²) < 4.78 is 51.5. The molecule has 0 unspecified atom stereocenters. The van der Waals surface area contributed by atoms with Crippen molar-refractivity contribution in [3.05, 3.63) is 47.1 Å². The van der Waals surface area contributed by atoms with Gasteiger partial charge in [0.25, 0.3) is 5.92 Å². The van der Waals surface area contributed by atoms with Crippen molar-refractivity contribution in [2.75, 3.05) is 16.9 Å². The van der Waals surface area contributed by atoms with Crippen molar-refractivity contribution in [1.82, 2.24) is 19.9 Å². The number of alkyl halides is 2. The van der Waals surface area contributed by atoms with Crippen molar-refractivity contribution >= 4 is 39.0 Å². The van der Waals surface area contributed by atoms with E-state index in [9.17, 15) is 17.2 Å². The summed E-state index contributed by atoms with van der Waals surface area (Å²) in [5.41, 5.74) is -0.392. The van der Waals surface area contributed by atoms with Gasteiger partial charge in [0.15, 0.2) is 15.7 Å². The van der Waals surface area contributed by atoms with E-state index in [0.29, 0.717) is 5.69 Å². The lowest BCUT2D eigenvalue weighted by atomic mass is 10.1. The highest BCUT2D eigenvalue weighted by atomic mass is 35.5. The Labute approximate surface area is 195 Å². The summed E-state index contributed by atoms with van der Waals surface area (Å²) in [4.78, 5) is 17.0. The largest absolute Gasteiger partial charge is 0.349 e. The summed E-state index contributed by atoms with van der Waals surface area (Å²) in [6, 6.07) is 8.39. The Morgan fingerprint density at radius 2 is 1.61 bits per heavy atom. The van der Waals surface area contributed by atoms with E-state index >= 15 is 0 Å². The average Bonchev–Trinajstić information content (AvgIpc) is 2.64. The number of halogens is 3. The zero-order valence-electron chi connectivity index (χ0n) is 18.6. The molecule has 0 fully saturated rings. The van der Waals surface area contributed by atoms with Crippen LogP contribution in [-0.2, 0) is 15.8 Å². The number of aromatic nitrogens is 4. The molecule has 0 aliphatic carbocycles. The number of sulfone groups is 1. The minimum atomic E-state index is -3.51. The van der Waals surface area contributed by atoms with Gasteiger partial charge in [0, 0.05) is 29.4 Å². The number of pyridine rings is 1. The zero-order valence-corrected chi connectivity index (χ0v) is 20.2. The number of rotatable bonds is 6. The topological polar surface area (TPSA) is 110 Å². The van der Waals surface area contributed by atoms with Crippen molar-refractivity contribution in [2.45, 2.75) is 44.1 Å². The fourth-order valence-corrected chi connectivity index (χ4v) is 3.70. The summed E-state index contributed by atoms with van der Waals surface area (Å²) in [7, 11) is -3.51. The minimum Gasteiger partial charge on any atom is -0.349 e. The third-order valence-corrected chi connectivity index (χ3v) is 5.42. The Balaban J connectivity index is 2.10. The molecule has 0 atom stereocenters. The van der Waals surface area contributed by atoms with Gasteiger partial charge in [0.2, 0.25) is 11.9 Å². The molecule has 0 aliphatic rings. The Bertz CT molecular complexity index is 1290. The second kappa shape index (κ2) is 8.79. The van der Waals surface area contributed by atoms with E-state index in [2.05, 4.69) is 30.6 Å². The Morgan fingerprint density at radius 3 is 2.21 bits per heavy atom. The smallest absolute Gasteiger partial charge is 0.286 e. The van der Waals surface area contributed by atoms with Crippen LogP contribution in [0.5, 0.6) is 0 Å². The van der Waals surface area contributed by atoms with Crippen LogP contribution in [0, 0.1) is 0 Å². The standard InChI is InChI=1S/C21H23ClF2N6O2S/c1-20(2,3)30-19-28-17(15-7-6-8-16(26-15)21(4,23)24)27-18(29-19)25-13-9-12(22)10-14(11-13)33(5,31)32/h6-11H,1-5H3,(H2,25,27,28,29,30). The van der Waals surface area contributed by atoms with E-state index in [4.69, 9.17) is 11.6 Å². The monoisotopic (exact) mass is 496 g/mol. The van der Waals surface area contributed by atoms with Crippen LogP contribution in [0.25, 0.3) is 11.5 Å². The van der Waals surface area contributed by atoms with Gasteiger partial charge in [0.1, 0.15) is 11.4 Å². The molecule has 0 bridgehead atoms. The lowest BCUT2D eigenvalue weighted by molar-refractivity contribution is 0.0129. The normalized spacial score (nSPS) is 12.5. The van der Waals surface area contributed by atoms with Gasteiger partial charge in [-0.3, -0.25) is 0 Å². The molecule has 33 heavy (non-hydrogen) atoms. The fraction of sp³-hybridized carbons (Fsp3) is 0.333. The van der Waals surface area contributed by atoms with Crippen LogP contribution < -0.4 is 10.6 Å². The minimum absolute atomic E-state index is 0.0133. The van der Waals surface area contributed by atoms with E-state index in [1.165, 1.54) is 36.4 Å². The molecule has 0 aliphatic heterocycles. The van der Waals surface area contributed by atoms with Gasteiger partial charge in [-0.15, -0.1) is 0 Å². The van der Waals surface area contributed by atoms with Crippen molar-refractivity contribution in [1.29, 1.82) is 0 Å². The number of benzene rings is 1. The summed E-state index contributed by atoms with van der Waals surface area (Å²) in [6.45, 7) is 6.45. The molecule has 0 saturated heterocycles. The first-order valence-corrected chi connectivity index (χ1v) is 12.0. The molecule has 0 amide bonds. The van der Waals surface area contributed by atoms with E-state index in [1.807, 2.05) is 20.8 Å². The lowest BCUT2D eigenvalue weighted by Gasteiger charge is -2.21. The molecule has 3 rings (SSSR count). The summed E-state index contributed by atoms with van der Waals surface area (Å²) in [5.74, 6) is -2.87. The molecule has 2 aromatic heterocycles. The van der Waals surface area contributed by atoms with Gasteiger partial charge in [-0.2, -0.15) is 23.7 Å². The molecule has 176 valence electrons. The van der Waals surface area contributed by atoms with Crippen LogP contribution in [0.1, 0.15) is 33.4 Å². The Morgan fingerprint density at radius 1 is 0.939 bits per heavy atom. The van der Waals surface area contributed by atoms with Crippen molar-refractivity contribution in [3.8, 4) is 11.5 Å². The number of hydrogen-bond acceptors (Lipinski definition) is 8. The first-order valence-electron chi connectivity index (χ1n) is 9.78. The van der Waals surface area contributed by atoms with Crippen LogP contribution in [0.3, 0.4) is 0 Å². The van der Waals surface area contributed by atoms with Crippen molar-refractivity contribution < 1.29 is 17.2 Å². The molecular formula is C21H23ClF2N6O2S. The average molecular weight is 497 g/mol. The second-order valence-corrected chi connectivity index (χ2v) is 11.0. The maximum atomic E-state index is 13.8. The molecule has 12 heteroatoms. The van der Waals surface area contributed by atoms with E-state index in [-0.39, 0.29) is 33.3 Å². The van der Waals surface area contributed by atoms with Gasteiger partial charge < -0.3 is 10.6 Å². The Kier molecular flexibility index (Phi) is 6.58. The maximum absolute atomic E-state index is 13.8. The van der Waals surface area contributed by atoms with Crippen LogP contribution in [0.2, 0.25) is 5.02 Å². The van der Waals surface area contributed by atoms with Crippen LogP contribution >= 0.6 is 11.6 Å². The summed E-state index contributed by atoms with van der Waals surface area (Å²) >= 11 is 6.08.